The molecule has 3 atom stereocenters. The van der Waals surface area contributed by atoms with Crippen LogP contribution >= 0.6 is 0 Å². The molecule has 0 bridgehead atoms. The van der Waals surface area contributed by atoms with Gasteiger partial charge in [-0.25, -0.2) is 0 Å². The Morgan fingerprint density at radius 1 is 1.10 bits per heavy atom. The summed E-state index contributed by atoms with van der Waals surface area (Å²) < 4.78 is 45.0. The van der Waals surface area contributed by atoms with E-state index in [1.54, 1.807) is 13.0 Å². The fourth-order valence-electron chi connectivity index (χ4n) is 2.82. The van der Waals surface area contributed by atoms with Crippen LogP contribution in [0.1, 0.15) is 38.7 Å². The first kappa shape index (κ1) is 15.3. The van der Waals surface area contributed by atoms with Crippen molar-refractivity contribution in [3.8, 4) is 5.75 Å². The Labute approximate surface area is 118 Å². The molecule has 1 aliphatic rings. The van der Waals surface area contributed by atoms with Crippen molar-refractivity contribution in [1.29, 1.82) is 0 Å². The lowest BCUT2D eigenvalue weighted by Crippen LogP contribution is -2.38. The van der Waals surface area contributed by atoms with Crippen molar-refractivity contribution in [2.45, 2.75) is 46.1 Å². The van der Waals surface area contributed by atoms with Crippen molar-refractivity contribution in [2.24, 2.45) is 11.8 Å². The third-order valence-corrected chi connectivity index (χ3v) is 4.36. The van der Waals surface area contributed by atoms with Crippen LogP contribution in [-0.2, 0) is 0 Å². The van der Waals surface area contributed by atoms with Gasteiger partial charge >= 0.3 is 6.98 Å². The van der Waals surface area contributed by atoms with Gasteiger partial charge in [0, 0.05) is 0 Å². The van der Waals surface area contributed by atoms with Crippen molar-refractivity contribution < 1.29 is 17.7 Å². The number of ether oxygens (including phenoxy) is 1. The fourth-order valence-corrected chi connectivity index (χ4v) is 2.82. The first-order valence-corrected chi connectivity index (χ1v) is 7.24. The SMILES string of the molecule is Cc1ccc(OC2CCC(C)C(C)C2)c([B-](F)(F)F)c1. The molecule has 5 heteroatoms. The molecule has 3 unspecified atom stereocenters. The predicted octanol–water partition coefficient (Wildman–Crippen LogP) is 4.25. The lowest BCUT2D eigenvalue weighted by Gasteiger charge is -2.33. The van der Waals surface area contributed by atoms with E-state index in [-0.39, 0.29) is 11.9 Å². The van der Waals surface area contributed by atoms with Gasteiger partial charge in [0.05, 0.1) is 11.9 Å². The molecule has 0 saturated heterocycles. The quantitative estimate of drug-likeness (QED) is 0.754. The Morgan fingerprint density at radius 2 is 1.80 bits per heavy atom. The third kappa shape index (κ3) is 3.50. The van der Waals surface area contributed by atoms with Gasteiger partial charge in [-0.2, -0.15) is 0 Å². The first-order chi connectivity index (χ1) is 9.27. The van der Waals surface area contributed by atoms with Gasteiger partial charge in [0.25, 0.3) is 0 Å². The van der Waals surface area contributed by atoms with E-state index in [2.05, 4.69) is 13.8 Å². The maximum absolute atomic E-state index is 13.1. The highest BCUT2D eigenvalue weighted by Crippen LogP contribution is 2.32. The summed E-state index contributed by atoms with van der Waals surface area (Å²) in [4.78, 5) is 0. The van der Waals surface area contributed by atoms with Gasteiger partial charge in [-0.1, -0.05) is 37.0 Å². The highest BCUT2D eigenvalue weighted by Gasteiger charge is 2.31. The van der Waals surface area contributed by atoms with Gasteiger partial charge < -0.3 is 17.7 Å². The van der Waals surface area contributed by atoms with Gasteiger partial charge in [0.15, 0.2) is 0 Å². The predicted molar refractivity (Wildman–Crippen MR) is 76.5 cm³/mol. The zero-order chi connectivity index (χ0) is 14.9. The van der Waals surface area contributed by atoms with Gasteiger partial charge in [0.2, 0.25) is 0 Å². The maximum Gasteiger partial charge on any atom is 0.513 e. The second-order valence-electron chi connectivity index (χ2n) is 6.12. The van der Waals surface area contributed by atoms with Crippen LogP contribution in [0.15, 0.2) is 18.2 Å². The second kappa shape index (κ2) is 5.70. The number of hydrogen-bond acceptors (Lipinski definition) is 1. The number of hydrogen-bond donors (Lipinski definition) is 0. The minimum Gasteiger partial charge on any atom is -0.493 e. The van der Waals surface area contributed by atoms with Crippen molar-refractivity contribution in [1.82, 2.24) is 0 Å². The molecule has 0 aliphatic heterocycles. The summed E-state index contributed by atoms with van der Waals surface area (Å²) in [6.45, 7) is 0.967. The average Bonchev–Trinajstić information content (AvgIpc) is 2.35. The molecule has 112 valence electrons. The molecule has 1 aromatic rings. The van der Waals surface area contributed by atoms with Crippen LogP contribution in [0.2, 0.25) is 0 Å². The summed E-state index contributed by atoms with van der Waals surface area (Å²) in [7, 11) is 0. The van der Waals surface area contributed by atoms with E-state index in [9.17, 15) is 12.9 Å². The molecule has 20 heavy (non-hydrogen) atoms. The number of aryl methyl sites for hydroxylation is 1. The highest BCUT2D eigenvalue weighted by atomic mass is 19.4. The molecule has 1 saturated carbocycles. The summed E-state index contributed by atoms with van der Waals surface area (Å²) >= 11 is 0. The maximum atomic E-state index is 13.1. The number of halogens is 3. The number of rotatable bonds is 3. The minimum absolute atomic E-state index is 0.00477. The first-order valence-electron chi connectivity index (χ1n) is 7.24. The average molecular weight is 285 g/mol. The minimum atomic E-state index is -5.03. The molecule has 0 radical (unpaired) electrons. The van der Waals surface area contributed by atoms with Crippen LogP contribution in [0.3, 0.4) is 0 Å². The van der Waals surface area contributed by atoms with Crippen LogP contribution in [0.5, 0.6) is 5.75 Å². The summed E-state index contributed by atoms with van der Waals surface area (Å²) in [6.07, 6.45) is 2.59. The Morgan fingerprint density at radius 3 is 2.40 bits per heavy atom. The Balaban J connectivity index is 2.17. The standard InChI is InChI=1S/C15H21BF3O/c1-10-4-7-15(14(8-10)16(17,18)19)20-13-6-5-11(2)12(3)9-13/h4,7-8,11-13H,5-6,9H2,1-3H3/q-1. The number of benzene rings is 1. The van der Waals surface area contributed by atoms with E-state index in [0.29, 0.717) is 17.4 Å². The van der Waals surface area contributed by atoms with Crippen LogP contribution in [0.25, 0.3) is 0 Å². The summed E-state index contributed by atoms with van der Waals surface area (Å²) in [5, 5.41) is 0. The lowest BCUT2D eigenvalue weighted by molar-refractivity contribution is 0.101. The molecule has 2 rings (SSSR count). The van der Waals surface area contributed by atoms with Gasteiger partial charge in [-0.15, -0.1) is 0 Å². The molecule has 0 N–H and O–H groups in total. The van der Waals surface area contributed by atoms with E-state index in [0.717, 1.165) is 19.3 Å². The Hall–Kier alpha value is -1.13. The Kier molecular flexibility index (Phi) is 4.35. The molecular formula is C15H21BF3O-. The molecule has 1 fully saturated rings. The third-order valence-electron chi connectivity index (χ3n) is 4.36. The van der Waals surface area contributed by atoms with E-state index in [4.69, 9.17) is 4.74 Å². The van der Waals surface area contributed by atoms with E-state index >= 15 is 0 Å². The largest absolute Gasteiger partial charge is 0.513 e. The zero-order valence-corrected chi connectivity index (χ0v) is 12.2. The zero-order valence-electron chi connectivity index (χ0n) is 12.2. The second-order valence-corrected chi connectivity index (χ2v) is 6.12. The summed E-state index contributed by atoms with van der Waals surface area (Å²) in [5.41, 5.74) is 0.00783. The summed E-state index contributed by atoms with van der Waals surface area (Å²) in [5.74, 6) is 1.12. The Bertz CT molecular complexity index is 473. The van der Waals surface area contributed by atoms with E-state index in [1.165, 1.54) is 12.1 Å². The summed E-state index contributed by atoms with van der Waals surface area (Å²) in [6, 6.07) is 4.32. The molecule has 1 nitrogen and oxygen atoms in total. The van der Waals surface area contributed by atoms with E-state index < -0.39 is 12.4 Å². The molecule has 1 aromatic carbocycles. The van der Waals surface area contributed by atoms with Gasteiger partial charge in [-0.05, 0) is 44.1 Å². The molecule has 0 heterocycles. The van der Waals surface area contributed by atoms with Crippen LogP contribution < -0.4 is 10.2 Å². The highest BCUT2D eigenvalue weighted by molar-refractivity contribution is 6.74. The fraction of sp³-hybridized carbons (Fsp3) is 0.600. The molecular weight excluding hydrogens is 264 g/mol. The van der Waals surface area contributed by atoms with Crippen molar-refractivity contribution in [2.75, 3.05) is 0 Å². The van der Waals surface area contributed by atoms with Crippen LogP contribution in [0.4, 0.5) is 12.9 Å². The van der Waals surface area contributed by atoms with Gasteiger partial charge in [-0.3, -0.25) is 0 Å². The van der Waals surface area contributed by atoms with E-state index in [1.807, 2.05) is 0 Å². The molecule has 1 aliphatic carbocycles. The molecule has 0 aromatic heterocycles. The lowest BCUT2D eigenvalue weighted by atomic mass is 9.78. The molecule has 0 amide bonds. The van der Waals surface area contributed by atoms with Crippen LogP contribution in [-0.4, -0.2) is 13.1 Å². The normalized spacial score (nSPS) is 27.4. The molecule has 0 spiro atoms. The van der Waals surface area contributed by atoms with Crippen molar-refractivity contribution >= 4 is 12.4 Å². The monoisotopic (exact) mass is 285 g/mol. The van der Waals surface area contributed by atoms with Crippen molar-refractivity contribution in [3.63, 3.8) is 0 Å². The topological polar surface area (TPSA) is 9.23 Å². The van der Waals surface area contributed by atoms with Crippen molar-refractivity contribution in [3.05, 3.63) is 23.8 Å². The smallest absolute Gasteiger partial charge is 0.493 e. The van der Waals surface area contributed by atoms with Crippen LogP contribution in [0, 0.1) is 18.8 Å². The van der Waals surface area contributed by atoms with Gasteiger partial charge in [0.1, 0.15) is 0 Å².